The number of rotatable bonds is 5. The molecule has 2 aromatic heterocycles. The summed E-state index contributed by atoms with van der Waals surface area (Å²) in [7, 11) is 1.65. The Morgan fingerprint density at radius 3 is 2.79 bits per heavy atom. The van der Waals surface area contributed by atoms with Crippen LogP contribution in [0.3, 0.4) is 0 Å². The largest absolute Gasteiger partial charge is 0.497 e. The van der Waals surface area contributed by atoms with Gasteiger partial charge in [-0.2, -0.15) is 5.10 Å². The highest BCUT2D eigenvalue weighted by Crippen LogP contribution is 2.30. The number of hydrogen-bond donors (Lipinski definition) is 2. The zero-order chi connectivity index (χ0) is 20.4. The number of aromatic amines is 1. The summed E-state index contributed by atoms with van der Waals surface area (Å²) in [6.45, 7) is 4.50. The number of aromatic nitrogens is 3. The van der Waals surface area contributed by atoms with E-state index in [2.05, 4.69) is 15.5 Å². The highest BCUT2D eigenvalue weighted by molar-refractivity contribution is 5.96. The first-order chi connectivity index (χ1) is 14.1. The van der Waals surface area contributed by atoms with Gasteiger partial charge in [-0.25, -0.2) is 4.98 Å². The molecule has 146 valence electrons. The number of ether oxygens (including phenoxy) is 1. The fourth-order valence-corrected chi connectivity index (χ4v) is 3.35. The molecule has 0 aliphatic heterocycles. The number of benzene rings is 2. The van der Waals surface area contributed by atoms with E-state index in [1.54, 1.807) is 7.11 Å². The summed E-state index contributed by atoms with van der Waals surface area (Å²) >= 11 is 0. The highest BCUT2D eigenvalue weighted by atomic mass is 16.5. The lowest BCUT2D eigenvalue weighted by atomic mass is 10.0. The number of amides is 1. The van der Waals surface area contributed by atoms with Crippen LogP contribution in [0.1, 0.15) is 22.8 Å². The van der Waals surface area contributed by atoms with E-state index < -0.39 is 0 Å². The van der Waals surface area contributed by atoms with Gasteiger partial charge in [-0.3, -0.25) is 9.89 Å². The average molecular weight is 386 g/mol. The quantitative estimate of drug-likeness (QED) is 0.534. The van der Waals surface area contributed by atoms with E-state index >= 15 is 0 Å². The SMILES string of the molecule is CCNC(=O)c1ccc(C)c(-c2ccc3c(-c4cccc(OC)c4)[nH]nc3n2)c1. The summed E-state index contributed by atoms with van der Waals surface area (Å²) in [5.74, 6) is 0.697. The Morgan fingerprint density at radius 1 is 1.14 bits per heavy atom. The molecule has 6 heteroatoms. The molecule has 0 saturated heterocycles. The third kappa shape index (κ3) is 3.57. The molecule has 0 atom stereocenters. The van der Waals surface area contributed by atoms with Crippen molar-refractivity contribution in [3.63, 3.8) is 0 Å². The molecule has 4 aromatic rings. The van der Waals surface area contributed by atoms with Crippen molar-refractivity contribution in [2.75, 3.05) is 13.7 Å². The molecule has 2 heterocycles. The van der Waals surface area contributed by atoms with Gasteiger partial charge in [-0.1, -0.05) is 18.2 Å². The summed E-state index contributed by atoms with van der Waals surface area (Å²) in [4.78, 5) is 16.9. The second-order valence-electron chi connectivity index (χ2n) is 6.79. The van der Waals surface area contributed by atoms with Crippen LogP contribution < -0.4 is 10.1 Å². The zero-order valence-electron chi connectivity index (χ0n) is 16.6. The Hall–Kier alpha value is -3.67. The molecular weight excluding hydrogens is 364 g/mol. The second-order valence-corrected chi connectivity index (χ2v) is 6.79. The Morgan fingerprint density at radius 2 is 2.00 bits per heavy atom. The first-order valence-corrected chi connectivity index (χ1v) is 9.49. The number of pyridine rings is 1. The smallest absolute Gasteiger partial charge is 0.251 e. The molecule has 2 aromatic carbocycles. The minimum absolute atomic E-state index is 0.0880. The van der Waals surface area contributed by atoms with Gasteiger partial charge in [0, 0.05) is 28.6 Å². The maximum absolute atomic E-state index is 12.2. The number of fused-ring (bicyclic) bond motifs is 1. The topological polar surface area (TPSA) is 79.9 Å². The summed E-state index contributed by atoms with van der Waals surface area (Å²) in [6, 6.07) is 17.4. The van der Waals surface area contributed by atoms with Gasteiger partial charge in [0.25, 0.3) is 5.91 Å². The number of carbonyl (C=O) groups is 1. The average Bonchev–Trinajstić information content (AvgIpc) is 3.17. The monoisotopic (exact) mass is 386 g/mol. The van der Waals surface area contributed by atoms with Crippen LogP contribution in [0.2, 0.25) is 0 Å². The minimum atomic E-state index is -0.0880. The van der Waals surface area contributed by atoms with Crippen molar-refractivity contribution >= 4 is 16.9 Å². The fraction of sp³-hybridized carbons (Fsp3) is 0.174. The Labute approximate surface area is 168 Å². The van der Waals surface area contributed by atoms with E-state index in [4.69, 9.17) is 9.72 Å². The first-order valence-electron chi connectivity index (χ1n) is 9.49. The molecule has 0 radical (unpaired) electrons. The van der Waals surface area contributed by atoms with E-state index in [-0.39, 0.29) is 5.91 Å². The van der Waals surface area contributed by atoms with Crippen LogP contribution in [0.4, 0.5) is 0 Å². The van der Waals surface area contributed by atoms with E-state index in [1.165, 1.54) is 0 Å². The normalized spacial score (nSPS) is 10.9. The molecule has 6 nitrogen and oxygen atoms in total. The Bertz CT molecular complexity index is 1200. The van der Waals surface area contributed by atoms with Crippen LogP contribution >= 0.6 is 0 Å². The summed E-state index contributed by atoms with van der Waals surface area (Å²) in [5, 5.41) is 11.2. The van der Waals surface area contributed by atoms with Crippen molar-refractivity contribution in [2.45, 2.75) is 13.8 Å². The van der Waals surface area contributed by atoms with Crippen molar-refractivity contribution in [1.82, 2.24) is 20.5 Å². The molecule has 0 unspecified atom stereocenters. The Kier molecular flexibility index (Phi) is 4.99. The van der Waals surface area contributed by atoms with E-state index in [0.29, 0.717) is 17.8 Å². The van der Waals surface area contributed by atoms with Crippen molar-refractivity contribution in [3.8, 4) is 28.3 Å². The third-order valence-corrected chi connectivity index (χ3v) is 4.89. The number of methoxy groups -OCH3 is 1. The maximum Gasteiger partial charge on any atom is 0.251 e. The molecule has 0 aliphatic rings. The molecule has 0 fully saturated rings. The van der Waals surface area contributed by atoms with Crippen LogP contribution in [-0.4, -0.2) is 34.7 Å². The third-order valence-electron chi connectivity index (χ3n) is 4.89. The lowest BCUT2D eigenvalue weighted by Gasteiger charge is -2.09. The number of aryl methyl sites for hydroxylation is 1. The van der Waals surface area contributed by atoms with Crippen molar-refractivity contribution in [1.29, 1.82) is 0 Å². The number of hydrogen-bond acceptors (Lipinski definition) is 4. The predicted octanol–water partition coefficient (Wildman–Crippen LogP) is 4.36. The number of nitrogens with one attached hydrogen (secondary N) is 2. The van der Waals surface area contributed by atoms with Gasteiger partial charge in [0.2, 0.25) is 0 Å². The summed E-state index contributed by atoms with van der Waals surface area (Å²) in [6.07, 6.45) is 0. The number of nitrogens with zero attached hydrogens (tertiary/aromatic N) is 2. The van der Waals surface area contributed by atoms with Gasteiger partial charge < -0.3 is 10.1 Å². The predicted molar refractivity (Wildman–Crippen MR) is 114 cm³/mol. The zero-order valence-corrected chi connectivity index (χ0v) is 16.6. The van der Waals surface area contributed by atoms with Gasteiger partial charge in [0.1, 0.15) is 5.75 Å². The van der Waals surface area contributed by atoms with Crippen molar-refractivity contribution in [2.24, 2.45) is 0 Å². The molecule has 0 aliphatic carbocycles. The molecule has 0 saturated carbocycles. The number of H-pyrrole nitrogens is 1. The number of carbonyl (C=O) groups excluding carboxylic acids is 1. The van der Waals surface area contributed by atoms with Crippen molar-refractivity contribution < 1.29 is 9.53 Å². The molecule has 0 spiro atoms. The summed E-state index contributed by atoms with van der Waals surface area (Å²) in [5.41, 5.74) is 5.87. The Balaban J connectivity index is 1.76. The van der Waals surface area contributed by atoms with Crippen molar-refractivity contribution in [3.05, 3.63) is 65.7 Å². The van der Waals surface area contributed by atoms with Gasteiger partial charge in [0.05, 0.1) is 18.5 Å². The maximum atomic E-state index is 12.2. The van der Waals surface area contributed by atoms with E-state index in [0.717, 1.165) is 39.2 Å². The van der Waals surface area contributed by atoms with Crippen LogP contribution in [0.25, 0.3) is 33.5 Å². The lowest BCUT2D eigenvalue weighted by molar-refractivity contribution is 0.0956. The van der Waals surface area contributed by atoms with Gasteiger partial charge in [-0.05, 0) is 55.8 Å². The van der Waals surface area contributed by atoms with Crippen LogP contribution in [0.15, 0.2) is 54.6 Å². The van der Waals surface area contributed by atoms with Gasteiger partial charge >= 0.3 is 0 Å². The summed E-state index contributed by atoms with van der Waals surface area (Å²) < 4.78 is 5.32. The van der Waals surface area contributed by atoms with Crippen LogP contribution in [0.5, 0.6) is 5.75 Å². The van der Waals surface area contributed by atoms with Gasteiger partial charge in [0.15, 0.2) is 5.65 Å². The van der Waals surface area contributed by atoms with Crippen LogP contribution in [0, 0.1) is 6.92 Å². The molecule has 29 heavy (non-hydrogen) atoms. The minimum Gasteiger partial charge on any atom is -0.497 e. The molecule has 4 rings (SSSR count). The fourth-order valence-electron chi connectivity index (χ4n) is 3.35. The molecule has 2 N–H and O–H groups in total. The first kappa shape index (κ1) is 18.7. The standard InChI is InChI=1S/C23H22N4O2/c1-4-24-23(28)16-9-8-14(2)19(13-16)20-11-10-18-21(26-27-22(18)25-20)15-6-5-7-17(12-15)29-3/h5-13H,4H2,1-3H3,(H,24,28)(H,25,26,27). The second kappa shape index (κ2) is 7.75. The van der Waals surface area contributed by atoms with Gasteiger partial charge in [-0.15, -0.1) is 0 Å². The van der Waals surface area contributed by atoms with E-state index in [9.17, 15) is 4.79 Å². The molecule has 0 bridgehead atoms. The molecular formula is C23H22N4O2. The lowest BCUT2D eigenvalue weighted by Crippen LogP contribution is -2.22. The van der Waals surface area contributed by atoms with E-state index in [1.807, 2.05) is 68.4 Å². The molecule has 1 amide bonds. The highest BCUT2D eigenvalue weighted by Gasteiger charge is 2.14. The van der Waals surface area contributed by atoms with Crippen LogP contribution in [-0.2, 0) is 0 Å².